The van der Waals surface area contributed by atoms with Gasteiger partial charge in [0.2, 0.25) is 11.8 Å². The van der Waals surface area contributed by atoms with Crippen LogP contribution in [0.5, 0.6) is 5.75 Å². The van der Waals surface area contributed by atoms with E-state index in [0.29, 0.717) is 11.4 Å². The molecule has 0 spiro atoms. The first kappa shape index (κ1) is 30.7. The van der Waals surface area contributed by atoms with Crippen molar-refractivity contribution in [3.05, 3.63) is 90.0 Å². The van der Waals surface area contributed by atoms with Crippen molar-refractivity contribution in [3.63, 3.8) is 0 Å². The Bertz CT molecular complexity index is 1390. The molecule has 2 amide bonds. The average Bonchev–Trinajstić information content (AvgIpc) is 2.94. The van der Waals surface area contributed by atoms with Crippen molar-refractivity contribution in [2.24, 2.45) is 0 Å². The maximum Gasteiger partial charge on any atom is 0.264 e. The minimum Gasteiger partial charge on any atom is -0.497 e. The summed E-state index contributed by atoms with van der Waals surface area (Å²) in [6.07, 6.45) is 0. The van der Waals surface area contributed by atoms with Crippen LogP contribution in [0.3, 0.4) is 0 Å². The fourth-order valence-corrected chi connectivity index (χ4v) is 5.66. The molecule has 0 unspecified atom stereocenters. The smallest absolute Gasteiger partial charge is 0.264 e. The minimum absolute atomic E-state index is 0.0701. The monoisotopic (exact) mass is 565 g/mol. The fourth-order valence-electron chi connectivity index (χ4n) is 4.23. The van der Waals surface area contributed by atoms with Gasteiger partial charge in [0, 0.05) is 12.6 Å². The highest BCUT2D eigenvalue weighted by Gasteiger charge is 2.32. The first-order valence-electron chi connectivity index (χ1n) is 13.3. The molecule has 1 N–H and O–H groups in total. The third-order valence-electron chi connectivity index (χ3n) is 6.54. The van der Waals surface area contributed by atoms with Gasteiger partial charge >= 0.3 is 0 Å². The molecule has 0 heterocycles. The standard InChI is InChI=1S/C31H39N3O5S/c1-22(2)26-15-17-27(18-16-26)34(40(37,38)29-13-8-7-9-14-29)21-30(35)33(24(5)31(36)32-23(3)4)20-25-11-10-12-28(19-25)39-6/h7-19,22-24H,20-21H2,1-6H3,(H,32,36)/t24-/m1/s1. The van der Waals surface area contributed by atoms with Crippen molar-refractivity contribution in [2.45, 2.75) is 64.1 Å². The molecule has 9 heteroatoms. The number of carbonyl (C=O) groups is 2. The van der Waals surface area contributed by atoms with Crippen molar-refractivity contribution in [2.75, 3.05) is 18.0 Å². The van der Waals surface area contributed by atoms with Gasteiger partial charge in [0.1, 0.15) is 18.3 Å². The molecule has 0 saturated carbocycles. The molecular formula is C31H39N3O5S. The summed E-state index contributed by atoms with van der Waals surface area (Å²) >= 11 is 0. The predicted octanol–water partition coefficient (Wildman–Crippen LogP) is 4.96. The van der Waals surface area contributed by atoms with Crippen molar-refractivity contribution in [1.82, 2.24) is 10.2 Å². The predicted molar refractivity (Wildman–Crippen MR) is 158 cm³/mol. The van der Waals surface area contributed by atoms with Gasteiger partial charge in [0.05, 0.1) is 17.7 Å². The van der Waals surface area contributed by atoms with Crippen LogP contribution < -0.4 is 14.4 Å². The number of nitrogens with one attached hydrogen (secondary N) is 1. The molecule has 0 aromatic heterocycles. The van der Waals surface area contributed by atoms with Crippen molar-refractivity contribution >= 4 is 27.5 Å². The second-order valence-electron chi connectivity index (χ2n) is 10.3. The van der Waals surface area contributed by atoms with E-state index in [1.54, 1.807) is 62.6 Å². The molecule has 3 aromatic carbocycles. The van der Waals surface area contributed by atoms with E-state index in [1.165, 1.54) is 17.0 Å². The van der Waals surface area contributed by atoms with Crippen molar-refractivity contribution in [1.29, 1.82) is 0 Å². The summed E-state index contributed by atoms with van der Waals surface area (Å²) in [6.45, 7) is 9.04. The zero-order valence-electron chi connectivity index (χ0n) is 24.0. The Morgan fingerprint density at radius 2 is 1.52 bits per heavy atom. The maximum atomic E-state index is 14.0. The first-order chi connectivity index (χ1) is 18.9. The van der Waals surface area contributed by atoms with E-state index in [1.807, 2.05) is 32.0 Å². The SMILES string of the molecule is COc1cccc(CN(C(=O)CN(c2ccc(C(C)C)cc2)S(=O)(=O)c2ccccc2)[C@H](C)C(=O)NC(C)C)c1. The van der Waals surface area contributed by atoms with Gasteiger partial charge in [-0.1, -0.05) is 56.3 Å². The second-order valence-corrected chi connectivity index (χ2v) is 12.1. The lowest BCUT2D eigenvalue weighted by Gasteiger charge is -2.32. The largest absolute Gasteiger partial charge is 0.497 e. The Balaban J connectivity index is 2.04. The van der Waals surface area contributed by atoms with E-state index in [4.69, 9.17) is 4.74 Å². The van der Waals surface area contributed by atoms with E-state index in [2.05, 4.69) is 19.2 Å². The molecule has 3 rings (SSSR count). The van der Waals surface area contributed by atoms with Crippen LogP contribution in [0.2, 0.25) is 0 Å². The maximum absolute atomic E-state index is 14.0. The zero-order chi connectivity index (χ0) is 29.4. The number of rotatable bonds is 12. The van der Waals surface area contributed by atoms with Crippen LogP contribution in [0, 0.1) is 0 Å². The molecule has 0 bridgehead atoms. The Morgan fingerprint density at radius 1 is 0.875 bits per heavy atom. The van der Waals surface area contributed by atoms with Gasteiger partial charge in [-0.3, -0.25) is 13.9 Å². The number of carbonyl (C=O) groups excluding carboxylic acids is 2. The number of sulfonamides is 1. The van der Waals surface area contributed by atoms with Crippen LogP contribution in [0.25, 0.3) is 0 Å². The highest BCUT2D eigenvalue weighted by molar-refractivity contribution is 7.92. The Labute approximate surface area is 238 Å². The Hall–Kier alpha value is -3.85. The lowest BCUT2D eigenvalue weighted by Crippen LogP contribution is -2.52. The molecule has 0 aliphatic heterocycles. The van der Waals surface area contributed by atoms with Gasteiger partial charge in [-0.25, -0.2) is 8.42 Å². The first-order valence-corrected chi connectivity index (χ1v) is 14.8. The number of amides is 2. The summed E-state index contributed by atoms with van der Waals surface area (Å²) in [4.78, 5) is 28.5. The lowest BCUT2D eigenvalue weighted by molar-refractivity contribution is -0.139. The number of methoxy groups -OCH3 is 1. The third kappa shape index (κ3) is 7.63. The molecule has 0 radical (unpaired) electrons. The van der Waals surface area contributed by atoms with Crippen molar-refractivity contribution < 1.29 is 22.7 Å². The van der Waals surface area contributed by atoms with E-state index < -0.39 is 28.5 Å². The number of anilines is 1. The van der Waals surface area contributed by atoms with Gasteiger partial charge in [0.25, 0.3) is 10.0 Å². The van der Waals surface area contributed by atoms with Crippen LogP contribution >= 0.6 is 0 Å². The second kappa shape index (κ2) is 13.5. The van der Waals surface area contributed by atoms with Gasteiger partial charge < -0.3 is 15.0 Å². The van der Waals surface area contributed by atoms with Crippen LogP contribution in [0.15, 0.2) is 83.8 Å². The Kier molecular flexibility index (Phi) is 10.3. The van der Waals surface area contributed by atoms with Crippen molar-refractivity contribution in [3.8, 4) is 5.75 Å². The lowest BCUT2D eigenvalue weighted by atomic mass is 10.0. The molecule has 3 aromatic rings. The molecule has 0 fully saturated rings. The summed E-state index contributed by atoms with van der Waals surface area (Å²) in [5.41, 5.74) is 2.16. The summed E-state index contributed by atoms with van der Waals surface area (Å²) in [6, 6.07) is 21.4. The van der Waals surface area contributed by atoms with Gasteiger partial charge in [-0.2, -0.15) is 0 Å². The van der Waals surface area contributed by atoms with Gasteiger partial charge in [-0.05, 0) is 74.2 Å². The summed E-state index contributed by atoms with van der Waals surface area (Å²) in [5, 5.41) is 2.85. The van der Waals surface area contributed by atoms with Crippen LogP contribution in [-0.2, 0) is 26.2 Å². The van der Waals surface area contributed by atoms with Crippen LogP contribution in [0.1, 0.15) is 51.7 Å². The quantitative estimate of drug-likeness (QED) is 0.335. The fraction of sp³-hybridized carbons (Fsp3) is 0.355. The van der Waals surface area contributed by atoms with Crippen LogP contribution in [0.4, 0.5) is 5.69 Å². The molecule has 0 aliphatic carbocycles. The van der Waals surface area contributed by atoms with E-state index >= 15 is 0 Å². The van der Waals surface area contributed by atoms with Gasteiger partial charge in [0.15, 0.2) is 0 Å². The highest BCUT2D eigenvalue weighted by Crippen LogP contribution is 2.27. The molecule has 1 atom stereocenters. The summed E-state index contributed by atoms with van der Waals surface area (Å²) in [5.74, 6) is 0.0305. The summed E-state index contributed by atoms with van der Waals surface area (Å²) < 4.78 is 34.2. The zero-order valence-corrected chi connectivity index (χ0v) is 24.8. The molecule has 214 valence electrons. The number of ether oxygens (including phenoxy) is 1. The number of nitrogens with zero attached hydrogens (tertiary/aromatic N) is 2. The molecule has 8 nitrogen and oxygen atoms in total. The molecular weight excluding hydrogens is 526 g/mol. The topological polar surface area (TPSA) is 96.0 Å². The van der Waals surface area contributed by atoms with Gasteiger partial charge in [-0.15, -0.1) is 0 Å². The molecule has 0 saturated heterocycles. The molecule has 0 aliphatic rings. The normalized spacial score (nSPS) is 12.2. The van der Waals surface area contributed by atoms with Crippen LogP contribution in [-0.4, -0.2) is 50.9 Å². The average molecular weight is 566 g/mol. The minimum atomic E-state index is -4.10. The van der Waals surface area contributed by atoms with E-state index in [0.717, 1.165) is 15.4 Å². The Morgan fingerprint density at radius 3 is 2.10 bits per heavy atom. The number of hydrogen-bond acceptors (Lipinski definition) is 5. The molecule has 40 heavy (non-hydrogen) atoms. The highest BCUT2D eigenvalue weighted by atomic mass is 32.2. The summed E-state index contributed by atoms with van der Waals surface area (Å²) in [7, 11) is -2.55. The number of hydrogen-bond donors (Lipinski definition) is 1. The number of benzene rings is 3. The van der Waals surface area contributed by atoms with E-state index in [-0.39, 0.29) is 29.3 Å². The van der Waals surface area contributed by atoms with E-state index in [9.17, 15) is 18.0 Å². The third-order valence-corrected chi connectivity index (χ3v) is 8.33.